The van der Waals surface area contributed by atoms with Crippen LogP contribution in [0, 0.1) is 0 Å². The van der Waals surface area contributed by atoms with Gasteiger partial charge in [-0.15, -0.1) is 0 Å². The molecule has 2 nitrogen and oxygen atoms in total. The van der Waals surface area contributed by atoms with Crippen molar-refractivity contribution in [3.05, 3.63) is 27.7 Å². The predicted octanol–water partition coefficient (Wildman–Crippen LogP) is 4.96. The summed E-state index contributed by atoms with van der Waals surface area (Å²) in [6.45, 7) is 0.681. The van der Waals surface area contributed by atoms with E-state index in [-0.39, 0.29) is 5.54 Å². The van der Waals surface area contributed by atoms with Crippen LogP contribution < -0.4 is 11.1 Å². The number of anilines is 1. The molecule has 0 radical (unpaired) electrons. The first-order chi connectivity index (χ1) is 9.15. The van der Waals surface area contributed by atoms with E-state index in [0.717, 1.165) is 28.0 Å². The molecule has 0 saturated heterocycles. The molecule has 1 aromatic carbocycles. The van der Waals surface area contributed by atoms with Crippen LogP contribution in [0.15, 0.2) is 22.7 Å². The average Bonchev–Trinajstić information content (AvgIpc) is 2.37. The third-order valence-electron chi connectivity index (χ3n) is 4.03. The van der Waals surface area contributed by atoms with Gasteiger partial charge in [0, 0.05) is 22.2 Å². The Labute approximate surface area is 129 Å². The first-order valence-electron chi connectivity index (χ1n) is 7.08. The van der Waals surface area contributed by atoms with Crippen LogP contribution in [0.1, 0.15) is 44.9 Å². The Morgan fingerprint density at radius 1 is 1.16 bits per heavy atom. The van der Waals surface area contributed by atoms with Gasteiger partial charge in [-0.05, 0) is 47.0 Å². The molecular weight excluding hydrogens is 324 g/mol. The van der Waals surface area contributed by atoms with Crippen molar-refractivity contribution in [2.75, 3.05) is 11.9 Å². The van der Waals surface area contributed by atoms with Crippen molar-refractivity contribution in [3.8, 4) is 0 Å². The van der Waals surface area contributed by atoms with Crippen molar-refractivity contribution in [2.24, 2.45) is 5.73 Å². The lowest BCUT2D eigenvalue weighted by molar-refractivity contribution is 0.351. The molecule has 0 amide bonds. The van der Waals surface area contributed by atoms with Gasteiger partial charge in [-0.1, -0.05) is 43.7 Å². The number of nitrogens with one attached hydrogen (secondary N) is 1. The van der Waals surface area contributed by atoms with E-state index in [0.29, 0.717) is 6.54 Å². The molecule has 1 aliphatic rings. The predicted molar refractivity (Wildman–Crippen MR) is 86.9 cm³/mol. The van der Waals surface area contributed by atoms with E-state index < -0.39 is 0 Å². The minimum atomic E-state index is 0.0393. The summed E-state index contributed by atoms with van der Waals surface area (Å²) >= 11 is 9.58. The van der Waals surface area contributed by atoms with Gasteiger partial charge in [0.05, 0.1) is 5.02 Å². The Morgan fingerprint density at radius 2 is 1.79 bits per heavy atom. The number of hydrogen-bond acceptors (Lipinski definition) is 2. The highest BCUT2D eigenvalue weighted by molar-refractivity contribution is 9.10. The molecule has 1 saturated carbocycles. The summed E-state index contributed by atoms with van der Waals surface area (Å²) in [4.78, 5) is 0. The smallest absolute Gasteiger partial charge is 0.0568 e. The molecular formula is C15H22BrClN2. The lowest BCUT2D eigenvalue weighted by Gasteiger charge is -2.36. The molecule has 0 spiro atoms. The van der Waals surface area contributed by atoms with Crippen LogP contribution in [-0.4, -0.2) is 12.1 Å². The van der Waals surface area contributed by atoms with Crippen molar-refractivity contribution >= 4 is 33.2 Å². The zero-order valence-electron chi connectivity index (χ0n) is 11.2. The summed E-state index contributed by atoms with van der Waals surface area (Å²) in [7, 11) is 0. The van der Waals surface area contributed by atoms with Crippen LogP contribution in [0.5, 0.6) is 0 Å². The number of nitrogens with two attached hydrogens (primary N) is 1. The fourth-order valence-electron chi connectivity index (χ4n) is 2.84. The standard InChI is InChI=1S/C15H22BrClN2/c16-13-7-6-12(10-14(13)17)19-15(11-18)8-4-2-1-3-5-9-15/h6-7,10,19H,1-5,8-9,11,18H2. The second kappa shape index (κ2) is 6.96. The molecule has 2 rings (SSSR count). The van der Waals surface area contributed by atoms with Gasteiger partial charge in [0.1, 0.15) is 0 Å². The van der Waals surface area contributed by atoms with Crippen molar-refractivity contribution < 1.29 is 0 Å². The first-order valence-corrected chi connectivity index (χ1v) is 8.26. The highest BCUT2D eigenvalue weighted by Crippen LogP contribution is 2.32. The molecule has 0 aliphatic heterocycles. The summed E-state index contributed by atoms with van der Waals surface area (Å²) in [5.41, 5.74) is 7.18. The molecule has 1 aliphatic carbocycles. The molecule has 3 N–H and O–H groups in total. The van der Waals surface area contributed by atoms with E-state index in [2.05, 4.69) is 27.3 Å². The zero-order valence-corrected chi connectivity index (χ0v) is 13.6. The van der Waals surface area contributed by atoms with Crippen LogP contribution >= 0.6 is 27.5 Å². The fraction of sp³-hybridized carbons (Fsp3) is 0.600. The average molecular weight is 346 g/mol. The van der Waals surface area contributed by atoms with Crippen LogP contribution in [0.2, 0.25) is 5.02 Å². The van der Waals surface area contributed by atoms with Crippen molar-refractivity contribution in [3.63, 3.8) is 0 Å². The summed E-state index contributed by atoms with van der Waals surface area (Å²) in [5, 5.41) is 4.39. The maximum Gasteiger partial charge on any atom is 0.0568 e. The van der Waals surface area contributed by atoms with Gasteiger partial charge in [0.15, 0.2) is 0 Å². The summed E-state index contributed by atoms with van der Waals surface area (Å²) in [6.07, 6.45) is 8.83. The normalized spacial score (nSPS) is 19.5. The van der Waals surface area contributed by atoms with Gasteiger partial charge in [0.2, 0.25) is 0 Å². The highest BCUT2D eigenvalue weighted by Gasteiger charge is 2.28. The quantitative estimate of drug-likeness (QED) is 0.813. The Bertz CT molecular complexity index is 415. The van der Waals surface area contributed by atoms with Crippen molar-refractivity contribution in [1.29, 1.82) is 0 Å². The number of halogens is 2. The monoisotopic (exact) mass is 344 g/mol. The van der Waals surface area contributed by atoms with Gasteiger partial charge >= 0.3 is 0 Å². The lowest BCUT2D eigenvalue weighted by Crippen LogP contribution is -2.46. The molecule has 0 atom stereocenters. The van der Waals surface area contributed by atoms with E-state index in [1.54, 1.807) is 0 Å². The minimum absolute atomic E-state index is 0.0393. The van der Waals surface area contributed by atoms with E-state index in [1.807, 2.05) is 12.1 Å². The van der Waals surface area contributed by atoms with Crippen LogP contribution in [-0.2, 0) is 0 Å². The summed E-state index contributed by atoms with van der Waals surface area (Å²) in [6, 6.07) is 6.02. The molecule has 1 fully saturated rings. The Hall–Kier alpha value is -0.250. The SMILES string of the molecule is NCC1(Nc2ccc(Br)c(Cl)c2)CCCCCCC1. The minimum Gasteiger partial charge on any atom is -0.378 e. The fourth-order valence-corrected chi connectivity index (χ4v) is 3.27. The molecule has 19 heavy (non-hydrogen) atoms. The Balaban J connectivity index is 2.13. The van der Waals surface area contributed by atoms with Gasteiger partial charge in [-0.25, -0.2) is 0 Å². The largest absolute Gasteiger partial charge is 0.378 e. The second-order valence-corrected chi connectivity index (χ2v) is 6.77. The molecule has 106 valence electrons. The van der Waals surface area contributed by atoms with Crippen molar-refractivity contribution in [2.45, 2.75) is 50.5 Å². The van der Waals surface area contributed by atoms with E-state index >= 15 is 0 Å². The topological polar surface area (TPSA) is 38.0 Å². The molecule has 4 heteroatoms. The van der Waals surface area contributed by atoms with Crippen LogP contribution in [0.3, 0.4) is 0 Å². The molecule has 0 unspecified atom stereocenters. The third-order valence-corrected chi connectivity index (χ3v) is 5.26. The van der Waals surface area contributed by atoms with E-state index in [1.165, 1.54) is 32.1 Å². The zero-order chi connectivity index (χ0) is 13.7. The van der Waals surface area contributed by atoms with Gasteiger partial charge in [-0.3, -0.25) is 0 Å². The van der Waals surface area contributed by atoms with E-state index in [4.69, 9.17) is 17.3 Å². The molecule has 0 aromatic heterocycles. The summed E-state index contributed by atoms with van der Waals surface area (Å²) in [5.74, 6) is 0. The number of rotatable bonds is 3. The summed E-state index contributed by atoms with van der Waals surface area (Å²) < 4.78 is 0.930. The molecule has 1 aromatic rings. The van der Waals surface area contributed by atoms with E-state index in [9.17, 15) is 0 Å². The maximum absolute atomic E-state index is 6.16. The Kier molecular flexibility index (Phi) is 5.55. The van der Waals surface area contributed by atoms with Gasteiger partial charge in [0.25, 0.3) is 0 Å². The molecule has 0 bridgehead atoms. The highest BCUT2D eigenvalue weighted by atomic mass is 79.9. The maximum atomic E-state index is 6.16. The Morgan fingerprint density at radius 3 is 2.37 bits per heavy atom. The van der Waals surface area contributed by atoms with Crippen molar-refractivity contribution in [1.82, 2.24) is 0 Å². The number of hydrogen-bond donors (Lipinski definition) is 2. The first kappa shape index (κ1) is 15.1. The van der Waals surface area contributed by atoms with Gasteiger partial charge < -0.3 is 11.1 Å². The third kappa shape index (κ3) is 4.11. The molecule has 0 heterocycles. The second-order valence-electron chi connectivity index (χ2n) is 5.51. The van der Waals surface area contributed by atoms with Crippen LogP contribution in [0.25, 0.3) is 0 Å². The number of benzene rings is 1. The van der Waals surface area contributed by atoms with Crippen LogP contribution in [0.4, 0.5) is 5.69 Å². The van der Waals surface area contributed by atoms with Gasteiger partial charge in [-0.2, -0.15) is 0 Å². The lowest BCUT2D eigenvalue weighted by atomic mass is 9.83.